The van der Waals surface area contributed by atoms with Crippen molar-refractivity contribution in [2.75, 3.05) is 7.05 Å². The number of rotatable bonds is 4. The van der Waals surface area contributed by atoms with E-state index >= 15 is 0 Å². The van der Waals surface area contributed by atoms with Crippen molar-refractivity contribution in [2.45, 2.75) is 45.8 Å². The number of amides is 1. The predicted molar refractivity (Wildman–Crippen MR) is 67.6 cm³/mol. The summed E-state index contributed by atoms with van der Waals surface area (Å²) < 4.78 is 1.89. The molecule has 0 fully saturated rings. The number of carbonyl (C=O) groups excluding carboxylic acids is 1. The third-order valence-electron chi connectivity index (χ3n) is 2.59. The summed E-state index contributed by atoms with van der Waals surface area (Å²) in [7, 11) is 1.64. The van der Waals surface area contributed by atoms with Gasteiger partial charge in [0.25, 0.3) is 0 Å². The summed E-state index contributed by atoms with van der Waals surface area (Å²) in [5.41, 5.74) is 1.06. The summed E-state index contributed by atoms with van der Waals surface area (Å²) in [6.07, 6.45) is 3.48. The van der Waals surface area contributed by atoms with E-state index < -0.39 is 0 Å². The first-order valence-corrected chi connectivity index (χ1v) is 5.82. The molecule has 0 aromatic carbocycles. The normalized spacial score (nSPS) is 13.5. The SMILES string of the molecule is CNC(=O)C(C)n1cncc1CNC(C)(C)C. The number of imidazole rings is 1. The smallest absolute Gasteiger partial charge is 0.242 e. The van der Waals surface area contributed by atoms with E-state index in [-0.39, 0.29) is 17.5 Å². The fourth-order valence-corrected chi connectivity index (χ4v) is 1.51. The van der Waals surface area contributed by atoms with Crippen LogP contribution in [0, 0.1) is 0 Å². The highest BCUT2D eigenvalue weighted by Crippen LogP contribution is 2.11. The summed E-state index contributed by atoms with van der Waals surface area (Å²) >= 11 is 0. The minimum absolute atomic E-state index is 0.0139. The van der Waals surface area contributed by atoms with Crippen molar-refractivity contribution in [1.29, 1.82) is 0 Å². The Morgan fingerprint density at radius 2 is 2.18 bits per heavy atom. The Kier molecular flexibility index (Phi) is 4.28. The number of nitrogens with zero attached hydrogens (tertiary/aromatic N) is 2. The maximum absolute atomic E-state index is 11.6. The van der Waals surface area contributed by atoms with Crippen molar-refractivity contribution in [3.05, 3.63) is 18.2 Å². The Balaban J connectivity index is 2.75. The molecule has 96 valence electrons. The Labute approximate surface area is 103 Å². The van der Waals surface area contributed by atoms with Crippen LogP contribution in [0.5, 0.6) is 0 Å². The number of likely N-dealkylation sites (N-methyl/N-ethyl adjacent to an activating group) is 1. The van der Waals surface area contributed by atoms with Crippen LogP contribution in [0.25, 0.3) is 0 Å². The molecule has 1 aromatic rings. The van der Waals surface area contributed by atoms with Crippen molar-refractivity contribution in [2.24, 2.45) is 0 Å². The largest absolute Gasteiger partial charge is 0.357 e. The monoisotopic (exact) mass is 238 g/mol. The molecule has 1 heterocycles. The molecule has 1 rings (SSSR count). The standard InChI is InChI=1S/C12H22N4O/c1-9(11(17)13-5)16-8-14-6-10(16)7-15-12(2,3)4/h6,8-9,15H,7H2,1-5H3,(H,13,17). The number of carbonyl (C=O) groups is 1. The summed E-state index contributed by atoms with van der Waals surface area (Å²) in [6, 6.07) is -0.237. The number of hydrogen-bond donors (Lipinski definition) is 2. The average Bonchev–Trinajstić information content (AvgIpc) is 2.71. The molecule has 1 aromatic heterocycles. The van der Waals surface area contributed by atoms with E-state index in [1.165, 1.54) is 0 Å². The average molecular weight is 238 g/mol. The zero-order valence-corrected chi connectivity index (χ0v) is 11.2. The van der Waals surface area contributed by atoms with E-state index in [1.54, 1.807) is 19.6 Å². The maximum atomic E-state index is 11.6. The molecule has 17 heavy (non-hydrogen) atoms. The summed E-state index contributed by atoms with van der Waals surface area (Å²) in [5, 5.41) is 6.03. The van der Waals surface area contributed by atoms with Crippen LogP contribution in [-0.4, -0.2) is 28.0 Å². The van der Waals surface area contributed by atoms with Crippen LogP contribution in [0.2, 0.25) is 0 Å². The first-order valence-electron chi connectivity index (χ1n) is 5.82. The quantitative estimate of drug-likeness (QED) is 0.825. The van der Waals surface area contributed by atoms with Gasteiger partial charge in [0, 0.05) is 25.3 Å². The Hall–Kier alpha value is -1.36. The fourth-order valence-electron chi connectivity index (χ4n) is 1.51. The van der Waals surface area contributed by atoms with Crippen LogP contribution in [-0.2, 0) is 11.3 Å². The molecule has 0 aliphatic rings. The number of hydrogen-bond acceptors (Lipinski definition) is 3. The molecular formula is C12H22N4O. The molecule has 2 N–H and O–H groups in total. The van der Waals surface area contributed by atoms with Gasteiger partial charge in [-0.1, -0.05) is 0 Å². The Morgan fingerprint density at radius 3 is 2.71 bits per heavy atom. The van der Waals surface area contributed by atoms with E-state index in [0.29, 0.717) is 6.54 Å². The number of nitrogens with one attached hydrogen (secondary N) is 2. The van der Waals surface area contributed by atoms with Crippen LogP contribution < -0.4 is 10.6 Å². The fraction of sp³-hybridized carbons (Fsp3) is 0.667. The molecule has 1 unspecified atom stereocenters. The zero-order chi connectivity index (χ0) is 13.1. The topological polar surface area (TPSA) is 59.0 Å². The van der Waals surface area contributed by atoms with Crippen molar-refractivity contribution in [3.63, 3.8) is 0 Å². The van der Waals surface area contributed by atoms with Gasteiger partial charge in [0.2, 0.25) is 5.91 Å². The molecule has 0 saturated heterocycles. The van der Waals surface area contributed by atoms with Crippen molar-refractivity contribution >= 4 is 5.91 Å². The lowest BCUT2D eigenvalue weighted by Gasteiger charge is -2.22. The van der Waals surface area contributed by atoms with Crippen LogP contribution in [0.3, 0.4) is 0 Å². The van der Waals surface area contributed by atoms with Crippen LogP contribution in [0.1, 0.15) is 39.4 Å². The van der Waals surface area contributed by atoms with Gasteiger partial charge in [-0.2, -0.15) is 0 Å². The van der Waals surface area contributed by atoms with Crippen molar-refractivity contribution < 1.29 is 4.79 Å². The molecule has 0 aliphatic heterocycles. The van der Waals surface area contributed by atoms with Gasteiger partial charge in [0.15, 0.2) is 0 Å². The highest BCUT2D eigenvalue weighted by Gasteiger charge is 2.17. The highest BCUT2D eigenvalue weighted by atomic mass is 16.2. The van der Waals surface area contributed by atoms with E-state index in [9.17, 15) is 4.79 Å². The molecular weight excluding hydrogens is 216 g/mol. The number of aromatic nitrogens is 2. The highest BCUT2D eigenvalue weighted by molar-refractivity contribution is 5.79. The molecule has 0 saturated carbocycles. The summed E-state index contributed by atoms with van der Waals surface area (Å²) in [4.78, 5) is 15.7. The van der Waals surface area contributed by atoms with Gasteiger partial charge < -0.3 is 15.2 Å². The van der Waals surface area contributed by atoms with Gasteiger partial charge in [-0.15, -0.1) is 0 Å². The molecule has 5 nitrogen and oxygen atoms in total. The van der Waals surface area contributed by atoms with Gasteiger partial charge in [0.1, 0.15) is 6.04 Å². The van der Waals surface area contributed by atoms with Gasteiger partial charge in [0.05, 0.1) is 12.0 Å². The summed E-state index contributed by atoms with van der Waals surface area (Å²) in [6.45, 7) is 8.88. The molecule has 1 amide bonds. The van der Waals surface area contributed by atoms with Crippen molar-refractivity contribution in [1.82, 2.24) is 20.2 Å². The van der Waals surface area contributed by atoms with Crippen LogP contribution in [0.4, 0.5) is 0 Å². The van der Waals surface area contributed by atoms with Gasteiger partial charge >= 0.3 is 0 Å². The molecule has 0 aliphatic carbocycles. The van der Waals surface area contributed by atoms with E-state index in [0.717, 1.165) is 5.69 Å². The van der Waals surface area contributed by atoms with Gasteiger partial charge in [-0.05, 0) is 27.7 Å². The minimum atomic E-state index is -0.237. The second-order valence-corrected chi connectivity index (χ2v) is 5.19. The molecule has 0 spiro atoms. The summed E-state index contributed by atoms with van der Waals surface area (Å²) in [5.74, 6) is -0.0139. The third kappa shape index (κ3) is 3.85. The van der Waals surface area contributed by atoms with E-state index in [4.69, 9.17) is 0 Å². The molecule has 5 heteroatoms. The predicted octanol–water partition coefficient (Wildman–Crippen LogP) is 1.08. The molecule has 1 atom stereocenters. The first-order chi connectivity index (χ1) is 7.85. The van der Waals surface area contributed by atoms with E-state index in [2.05, 4.69) is 36.4 Å². The lowest BCUT2D eigenvalue weighted by molar-refractivity contribution is -0.123. The first kappa shape index (κ1) is 13.7. The van der Waals surface area contributed by atoms with E-state index in [1.807, 2.05) is 11.5 Å². The Bertz CT molecular complexity index is 378. The minimum Gasteiger partial charge on any atom is -0.357 e. The van der Waals surface area contributed by atoms with Gasteiger partial charge in [-0.25, -0.2) is 4.98 Å². The molecule has 0 bridgehead atoms. The molecule has 0 radical (unpaired) electrons. The van der Waals surface area contributed by atoms with Crippen LogP contribution >= 0.6 is 0 Å². The zero-order valence-electron chi connectivity index (χ0n) is 11.2. The lowest BCUT2D eigenvalue weighted by atomic mass is 10.1. The van der Waals surface area contributed by atoms with Crippen molar-refractivity contribution in [3.8, 4) is 0 Å². The third-order valence-corrected chi connectivity index (χ3v) is 2.59. The van der Waals surface area contributed by atoms with Crippen LogP contribution in [0.15, 0.2) is 12.5 Å². The maximum Gasteiger partial charge on any atom is 0.242 e. The van der Waals surface area contributed by atoms with Gasteiger partial charge in [-0.3, -0.25) is 4.79 Å². The second-order valence-electron chi connectivity index (χ2n) is 5.19. The second kappa shape index (κ2) is 5.31. The Morgan fingerprint density at radius 1 is 1.53 bits per heavy atom. The lowest BCUT2D eigenvalue weighted by Crippen LogP contribution is -2.36.